The predicted molar refractivity (Wildman–Crippen MR) is 47.5 cm³/mol. The van der Waals surface area contributed by atoms with E-state index in [9.17, 15) is 0 Å². The lowest BCUT2D eigenvalue weighted by Crippen LogP contribution is -2.18. The second kappa shape index (κ2) is 2.73. The third-order valence-electron chi connectivity index (χ3n) is 1.97. The summed E-state index contributed by atoms with van der Waals surface area (Å²) in [7, 11) is -1.41. The highest BCUT2D eigenvalue weighted by atomic mass is 16.4. The molecular formula is C8H8BNO2. The first-order valence-electron chi connectivity index (χ1n) is 3.79. The zero-order valence-corrected chi connectivity index (χ0v) is 6.44. The van der Waals surface area contributed by atoms with Gasteiger partial charge in [-0.05, 0) is 5.57 Å². The van der Waals surface area contributed by atoms with Crippen LogP contribution < -0.4 is 0 Å². The first-order chi connectivity index (χ1) is 5.79. The molecule has 3 nitrogen and oxygen atoms in total. The van der Waals surface area contributed by atoms with E-state index in [1.165, 1.54) is 6.20 Å². The van der Waals surface area contributed by atoms with Gasteiger partial charge in [0.15, 0.2) is 0 Å². The molecule has 2 aliphatic rings. The molecule has 1 heterocycles. The molecule has 0 atom stereocenters. The van der Waals surface area contributed by atoms with Crippen LogP contribution >= 0.6 is 0 Å². The number of hydrogen-bond donors (Lipinski definition) is 2. The lowest BCUT2D eigenvalue weighted by Gasteiger charge is -2.08. The van der Waals surface area contributed by atoms with Crippen molar-refractivity contribution in [3.63, 3.8) is 0 Å². The van der Waals surface area contributed by atoms with Crippen molar-refractivity contribution >= 4 is 12.8 Å². The summed E-state index contributed by atoms with van der Waals surface area (Å²) in [6, 6.07) is 0. The minimum Gasteiger partial charge on any atom is -0.423 e. The van der Waals surface area contributed by atoms with Crippen molar-refractivity contribution in [3.8, 4) is 0 Å². The summed E-state index contributed by atoms with van der Waals surface area (Å²) in [4.78, 5) is 4.08. The average Bonchev–Trinajstić information content (AvgIpc) is 2.47. The summed E-state index contributed by atoms with van der Waals surface area (Å²) < 4.78 is 0. The molecule has 1 aliphatic carbocycles. The van der Waals surface area contributed by atoms with E-state index in [0.29, 0.717) is 5.47 Å². The quantitative estimate of drug-likeness (QED) is 0.540. The van der Waals surface area contributed by atoms with Crippen molar-refractivity contribution < 1.29 is 10.0 Å². The molecule has 0 aromatic rings. The topological polar surface area (TPSA) is 52.8 Å². The van der Waals surface area contributed by atoms with Crippen molar-refractivity contribution in [2.75, 3.05) is 0 Å². The summed E-state index contributed by atoms with van der Waals surface area (Å²) in [6.45, 7) is 0. The smallest absolute Gasteiger partial charge is 0.423 e. The van der Waals surface area contributed by atoms with Gasteiger partial charge < -0.3 is 10.0 Å². The Labute approximate surface area is 70.6 Å². The van der Waals surface area contributed by atoms with E-state index in [2.05, 4.69) is 4.99 Å². The fraction of sp³-hybridized carbons (Fsp3) is 0.125. The molecule has 0 radical (unpaired) electrons. The standard InChI is InChI=1S/C8H8BNO2/c11-9(12)7-5-10-8-4-2-1-3-6(7)8/h1-3,5,11-12H,4H2. The second-order valence-electron chi connectivity index (χ2n) is 2.75. The van der Waals surface area contributed by atoms with Crippen LogP contribution in [0.5, 0.6) is 0 Å². The normalized spacial score (nSPS) is 19.7. The van der Waals surface area contributed by atoms with E-state index in [4.69, 9.17) is 10.0 Å². The van der Waals surface area contributed by atoms with Crippen LogP contribution in [-0.2, 0) is 0 Å². The maximum atomic E-state index is 8.94. The highest BCUT2D eigenvalue weighted by molar-refractivity contribution is 6.54. The molecule has 0 aromatic carbocycles. The van der Waals surface area contributed by atoms with Gasteiger partial charge in [-0.15, -0.1) is 0 Å². The van der Waals surface area contributed by atoms with Gasteiger partial charge in [-0.3, -0.25) is 4.99 Å². The third kappa shape index (κ3) is 1.05. The maximum Gasteiger partial charge on any atom is 0.490 e. The van der Waals surface area contributed by atoms with E-state index in [1.807, 2.05) is 18.2 Å². The largest absolute Gasteiger partial charge is 0.490 e. The first-order valence-corrected chi connectivity index (χ1v) is 3.79. The van der Waals surface area contributed by atoms with Crippen LogP contribution in [-0.4, -0.2) is 22.9 Å². The molecule has 0 spiro atoms. The predicted octanol–water partition coefficient (Wildman–Crippen LogP) is 0.223. The van der Waals surface area contributed by atoms with E-state index in [1.54, 1.807) is 0 Å². The van der Waals surface area contributed by atoms with Crippen LogP contribution in [0.4, 0.5) is 0 Å². The summed E-state index contributed by atoms with van der Waals surface area (Å²) in [5.41, 5.74) is 2.27. The van der Waals surface area contributed by atoms with Gasteiger partial charge in [-0.1, -0.05) is 18.2 Å². The summed E-state index contributed by atoms with van der Waals surface area (Å²) in [6.07, 6.45) is 8.02. The monoisotopic (exact) mass is 161 g/mol. The number of aliphatic imine (C=N–C) groups is 1. The third-order valence-corrected chi connectivity index (χ3v) is 1.97. The summed E-state index contributed by atoms with van der Waals surface area (Å²) >= 11 is 0. The summed E-state index contributed by atoms with van der Waals surface area (Å²) in [5.74, 6) is 0. The Morgan fingerprint density at radius 2 is 2.25 bits per heavy atom. The first kappa shape index (κ1) is 7.52. The van der Waals surface area contributed by atoms with Crippen LogP contribution in [0, 0.1) is 0 Å². The molecule has 0 fully saturated rings. The molecule has 0 bridgehead atoms. The maximum absolute atomic E-state index is 8.94. The highest BCUT2D eigenvalue weighted by Gasteiger charge is 2.26. The zero-order valence-electron chi connectivity index (χ0n) is 6.44. The minimum atomic E-state index is -1.41. The Balaban J connectivity index is 2.34. The Kier molecular flexibility index (Phi) is 1.71. The fourth-order valence-electron chi connectivity index (χ4n) is 1.36. The van der Waals surface area contributed by atoms with Gasteiger partial charge in [0.1, 0.15) is 0 Å². The van der Waals surface area contributed by atoms with Crippen LogP contribution in [0.2, 0.25) is 0 Å². The highest BCUT2D eigenvalue weighted by Crippen LogP contribution is 2.24. The molecular weight excluding hydrogens is 153 g/mol. The molecule has 1 aliphatic heterocycles. The molecule has 0 unspecified atom stereocenters. The number of rotatable bonds is 1. The number of hydrogen-bond acceptors (Lipinski definition) is 3. The van der Waals surface area contributed by atoms with Crippen molar-refractivity contribution in [3.05, 3.63) is 35.5 Å². The van der Waals surface area contributed by atoms with Gasteiger partial charge in [0.05, 0.1) is 5.71 Å². The lowest BCUT2D eigenvalue weighted by molar-refractivity contribution is 0.420. The minimum absolute atomic E-state index is 0.495. The second-order valence-corrected chi connectivity index (χ2v) is 2.75. The van der Waals surface area contributed by atoms with Crippen molar-refractivity contribution in [2.24, 2.45) is 4.99 Å². The van der Waals surface area contributed by atoms with Crippen LogP contribution in [0.25, 0.3) is 0 Å². The molecule has 4 heteroatoms. The van der Waals surface area contributed by atoms with Crippen LogP contribution in [0.1, 0.15) is 6.42 Å². The van der Waals surface area contributed by atoms with E-state index in [0.717, 1.165) is 17.7 Å². The van der Waals surface area contributed by atoms with Gasteiger partial charge in [0, 0.05) is 18.1 Å². The molecule has 0 saturated carbocycles. The van der Waals surface area contributed by atoms with Crippen molar-refractivity contribution in [2.45, 2.75) is 6.42 Å². The van der Waals surface area contributed by atoms with Crippen molar-refractivity contribution in [1.29, 1.82) is 0 Å². The lowest BCUT2D eigenvalue weighted by atomic mass is 9.74. The zero-order chi connectivity index (χ0) is 8.55. The van der Waals surface area contributed by atoms with E-state index < -0.39 is 7.12 Å². The molecule has 0 aromatic heterocycles. The Morgan fingerprint density at radius 1 is 1.42 bits per heavy atom. The van der Waals surface area contributed by atoms with Gasteiger partial charge in [-0.25, -0.2) is 0 Å². The molecule has 0 amide bonds. The average molecular weight is 161 g/mol. The molecule has 60 valence electrons. The van der Waals surface area contributed by atoms with Gasteiger partial charge in [0.2, 0.25) is 0 Å². The summed E-state index contributed by atoms with van der Waals surface area (Å²) in [5, 5.41) is 17.9. The molecule has 2 rings (SSSR count). The molecule has 2 N–H and O–H groups in total. The van der Waals surface area contributed by atoms with Gasteiger partial charge in [-0.2, -0.15) is 0 Å². The Morgan fingerprint density at radius 3 is 3.00 bits per heavy atom. The Bertz CT molecular complexity index is 326. The van der Waals surface area contributed by atoms with E-state index in [-0.39, 0.29) is 0 Å². The number of allylic oxidation sites excluding steroid dienone is 5. The van der Waals surface area contributed by atoms with E-state index >= 15 is 0 Å². The van der Waals surface area contributed by atoms with Gasteiger partial charge >= 0.3 is 7.12 Å². The SMILES string of the molecule is OB(O)C1=CN=C2CC=CC=C12. The van der Waals surface area contributed by atoms with Crippen LogP contribution in [0.15, 0.2) is 40.5 Å². The molecule has 0 saturated heterocycles. The van der Waals surface area contributed by atoms with Crippen LogP contribution in [0.3, 0.4) is 0 Å². The van der Waals surface area contributed by atoms with Gasteiger partial charge in [0.25, 0.3) is 0 Å². The number of fused-ring (bicyclic) bond motifs is 1. The molecule has 12 heavy (non-hydrogen) atoms. The number of nitrogens with zero attached hydrogens (tertiary/aromatic N) is 1. The Hall–Kier alpha value is -1.13. The fourth-order valence-corrected chi connectivity index (χ4v) is 1.36. The van der Waals surface area contributed by atoms with Crippen molar-refractivity contribution in [1.82, 2.24) is 0 Å².